The van der Waals surface area contributed by atoms with Gasteiger partial charge in [0.15, 0.2) is 5.13 Å². The molecule has 0 radical (unpaired) electrons. The van der Waals surface area contributed by atoms with E-state index < -0.39 is 17.7 Å². The Kier molecular flexibility index (Phi) is 4.61. The average molecular weight is 310 g/mol. The minimum atomic E-state index is -1.20. The molecule has 1 aromatic heterocycles. The monoisotopic (exact) mass is 310 g/mol. The van der Waals surface area contributed by atoms with E-state index in [0.717, 1.165) is 11.3 Å². The van der Waals surface area contributed by atoms with Crippen LogP contribution in [0.15, 0.2) is 24.3 Å². The summed E-state index contributed by atoms with van der Waals surface area (Å²) in [6.45, 7) is -0.169. The van der Waals surface area contributed by atoms with E-state index in [1.54, 1.807) is 6.07 Å². The second kappa shape index (κ2) is 6.42. The molecule has 0 spiro atoms. The van der Waals surface area contributed by atoms with Gasteiger partial charge in [0, 0.05) is 12.7 Å². The maximum atomic E-state index is 13.2. The van der Waals surface area contributed by atoms with Crippen LogP contribution in [0.2, 0.25) is 0 Å². The van der Waals surface area contributed by atoms with Gasteiger partial charge in [0.2, 0.25) is 0 Å². The maximum absolute atomic E-state index is 13.2. The van der Waals surface area contributed by atoms with Crippen LogP contribution >= 0.6 is 11.3 Å². The van der Waals surface area contributed by atoms with Gasteiger partial charge in [0.25, 0.3) is 5.91 Å². The van der Waals surface area contributed by atoms with E-state index in [-0.39, 0.29) is 22.3 Å². The summed E-state index contributed by atoms with van der Waals surface area (Å²) in [4.78, 5) is 26.6. The molecule has 1 heterocycles. The van der Waals surface area contributed by atoms with Gasteiger partial charge in [0.1, 0.15) is 17.3 Å². The normalized spacial score (nSPS) is 10.4. The van der Waals surface area contributed by atoms with Gasteiger partial charge < -0.3 is 9.84 Å². The molecule has 110 valence electrons. The molecule has 0 saturated carbocycles. The van der Waals surface area contributed by atoms with E-state index in [9.17, 15) is 19.1 Å². The summed E-state index contributed by atoms with van der Waals surface area (Å²) in [5.74, 6) is -2.14. The number of benzene rings is 1. The first-order valence-corrected chi connectivity index (χ1v) is 6.61. The molecule has 2 N–H and O–H groups in total. The summed E-state index contributed by atoms with van der Waals surface area (Å²) >= 11 is 0.802. The lowest BCUT2D eigenvalue weighted by Crippen LogP contribution is -2.16. The molecular weight excluding hydrogens is 299 g/mol. The van der Waals surface area contributed by atoms with Crippen molar-refractivity contribution >= 4 is 28.3 Å². The number of carboxylic acid groups (broad SMARTS) is 1. The number of carbonyl (C=O) groups is 2. The number of amides is 1. The van der Waals surface area contributed by atoms with Crippen LogP contribution in [0.1, 0.15) is 9.67 Å². The molecule has 0 fully saturated rings. The summed E-state index contributed by atoms with van der Waals surface area (Å²) in [5.41, 5.74) is 0.440. The molecule has 21 heavy (non-hydrogen) atoms. The van der Waals surface area contributed by atoms with Crippen LogP contribution in [0.25, 0.3) is 11.3 Å². The Morgan fingerprint density at radius 3 is 2.86 bits per heavy atom. The fourth-order valence-corrected chi connectivity index (χ4v) is 2.48. The van der Waals surface area contributed by atoms with Crippen molar-refractivity contribution in [3.8, 4) is 11.3 Å². The number of aromatic carboxylic acids is 1. The molecule has 1 aromatic carbocycles. The molecule has 0 aliphatic rings. The van der Waals surface area contributed by atoms with Crippen LogP contribution in [-0.4, -0.2) is 35.7 Å². The van der Waals surface area contributed by atoms with Gasteiger partial charge in [-0.25, -0.2) is 14.2 Å². The van der Waals surface area contributed by atoms with Crippen molar-refractivity contribution in [1.82, 2.24) is 4.98 Å². The van der Waals surface area contributed by atoms with Crippen molar-refractivity contribution in [2.75, 3.05) is 19.0 Å². The predicted octanol–water partition coefficient (Wildman–Crippen LogP) is 2.23. The Morgan fingerprint density at radius 2 is 2.24 bits per heavy atom. The van der Waals surface area contributed by atoms with Crippen LogP contribution in [-0.2, 0) is 9.53 Å². The van der Waals surface area contributed by atoms with E-state index in [4.69, 9.17) is 0 Å². The fraction of sp³-hybridized carbons (Fsp3) is 0.154. The summed E-state index contributed by atoms with van der Waals surface area (Å²) in [6, 6.07) is 5.43. The molecule has 0 bridgehead atoms. The number of anilines is 1. The summed E-state index contributed by atoms with van der Waals surface area (Å²) in [6.07, 6.45) is 0. The van der Waals surface area contributed by atoms with E-state index >= 15 is 0 Å². The number of carboxylic acids is 1. The fourth-order valence-electron chi connectivity index (χ4n) is 1.64. The second-order valence-electron chi connectivity index (χ2n) is 3.99. The second-order valence-corrected chi connectivity index (χ2v) is 4.99. The van der Waals surface area contributed by atoms with Crippen molar-refractivity contribution < 1.29 is 23.8 Å². The molecule has 0 unspecified atom stereocenters. The van der Waals surface area contributed by atoms with Gasteiger partial charge in [-0.3, -0.25) is 10.1 Å². The number of carbonyl (C=O) groups excluding carboxylic acids is 1. The minimum Gasteiger partial charge on any atom is -0.477 e. The molecule has 1 amide bonds. The van der Waals surface area contributed by atoms with Crippen LogP contribution in [0.3, 0.4) is 0 Å². The Labute approximate surface area is 123 Å². The van der Waals surface area contributed by atoms with E-state index in [1.807, 2.05) is 0 Å². The number of nitrogens with one attached hydrogen (secondary N) is 1. The number of halogens is 1. The Bertz CT molecular complexity index is 687. The van der Waals surface area contributed by atoms with Crippen molar-refractivity contribution in [3.63, 3.8) is 0 Å². The number of rotatable bonds is 5. The predicted molar refractivity (Wildman–Crippen MR) is 75.0 cm³/mol. The number of thiazole rings is 1. The maximum Gasteiger partial charge on any atom is 0.348 e. The van der Waals surface area contributed by atoms with Gasteiger partial charge >= 0.3 is 5.97 Å². The quantitative estimate of drug-likeness (QED) is 0.884. The Balaban J connectivity index is 2.38. The van der Waals surface area contributed by atoms with Crippen LogP contribution in [0.4, 0.5) is 9.52 Å². The van der Waals surface area contributed by atoms with Gasteiger partial charge in [-0.15, -0.1) is 0 Å². The minimum absolute atomic E-state index is 0.0756. The van der Waals surface area contributed by atoms with Crippen LogP contribution in [0, 0.1) is 5.82 Å². The first-order chi connectivity index (χ1) is 10.0. The zero-order valence-corrected chi connectivity index (χ0v) is 11.7. The zero-order valence-electron chi connectivity index (χ0n) is 10.9. The summed E-state index contributed by atoms with van der Waals surface area (Å²) in [5, 5.41) is 11.7. The molecule has 0 aliphatic carbocycles. The molecule has 0 atom stereocenters. The van der Waals surface area contributed by atoms with Gasteiger partial charge in [-0.1, -0.05) is 23.5 Å². The topological polar surface area (TPSA) is 88.5 Å². The smallest absolute Gasteiger partial charge is 0.348 e. The number of methoxy groups -OCH3 is 1. The molecule has 2 aromatic rings. The zero-order chi connectivity index (χ0) is 15.4. The first kappa shape index (κ1) is 15.1. The number of hydrogen-bond acceptors (Lipinski definition) is 5. The Morgan fingerprint density at radius 1 is 1.48 bits per heavy atom. The number of nitrogens with zero attached hydrogens (tertiary/aromatic N) is 1. The molecule has 6 nitrogen and oxygen atoms in total. The largest absolute Gasteiger partial charge is 0.477 e. The van der Waals surface area contributed by atoms with Crippen molar-refractivity contribution in [2.45, 2.75) is 0 Å². The molecule has 2 rings (SSSR count). The summed E-state index contributed by atoms with van der Waals surface area (Å²) < 4.78 is 17.9. The van der Waals surface area contributed by atoms with Crippen molar-refractivity contribution in [3.05, 3.63) is 35.0 Å². The Hall–Kier alpha value is -2.32. The third-order valence-electron chi connectivity index (χ3n) is 2.44. The number of aromatic nitrogens is 1. The summed E-state index contributed by atoms with van der Waals surface area (Å²) in [7, 11) is 1.36. The molecule has 0 saturated heterocycles. The van der Waals surface area contributed by atoms with Crippen molar-refractivity contribution in [1.29, 1.82) is 0 Å². The van der Waals surface area contributed by atoms with Gasteiger partial charge in [-0.05, 0) is 12.1 Å². The highest BCUT2D eigenvalue weighted by molar-refractivity contribution is 7.18. The van der Waals surface area contributed by atoms with E-state index in [2.05, 4.69) is 15.0 Å². The average Bonchev–Trinajstić information content (AvgIpc) is 2.83. The third kappa shape index (κ3) is 3.61. The highest BCUT2D eigenvalue weighted by Crippen LogP contribution is 2.31. The highest BCUT2D eigenvalue weighted by atomic mass is 32.1. The highest BCUT2D eigenvalue weighted by Gasteiger charge is 2.20. The lowest BCUT2D eigenvalue weighted by Gasteiger charge is -1.99. The van der Waals surface area contributed by atoms with Crippen LogP contribution < -0.4 is 5.32 Å². The third-order valence-corrected chi connectivity index (χ3v) is 3.40. The van der Waals surface area contributed by atoms with Gasteiger partial charge in [-0.2, -0.15) is 0 Å². The lowest BCUT2D eigenvalue weighted by atomic mass is 10.1. The lowest BCUT2D eigenvalue weighted by molar-refractivity contribution is -0.119. The SMILES string of the molecule is COCC(=O)Nc1nc(-c2cccc(F)c2)c(C(=O)O)s1. The van der Waals surface area contributed by atoms with Crippen LogP contribution in [0.5, 0.6) is 0 Å². The number of hydrogen-bond donors (Lipinski definition) is 2. The van der Waals surface area contributed by atoms with E-state index in [1.165, 1.54) is 25.3 Å². The first-order valence-electron chi connectivity index (χ1n) is 5.80. The van der Waals surface area contributed by atoms with E-state index in [0.29, 0.717) is 5.56 Å². The standard InChI is InChI=1S/C13H11FN2O4S/c1-20-6-9(17)15-13-16-10(11(21-13)12(18)19)7-3-2-4-8(14)5-7/h2-5H,6H2,1H3,(H,18,19)(H,15,16,17). The molecular formula is C13H11FN2O4S. The molecule has 0 aliphatic heterocycles. The van der Waals surface area contributed by atoms with Crippen molar-refractivity contribution in [2.24, 2.45) is 0 Å². The van der Waals surface area contributed by atoms with Gasteiger partial charge in [0.05, 0.1) is 5.69 Å². The molecule has 8 heteroatoms. The number of ether oxygens (including phenoxy) is 1.